The second-order valence-corrected chi connectivity index (χ2v) is 7.37. The maximum absolute atomic E-state index is 12.8. The number of aryl methyl sites for hydroxylation is 1. The van der Waals surface area contributed by atoms with Crippen LogP contribution in [0.15, 0.2) is 42.7 Å². The Balaban J connectivity index is 1.44. The number of likely N-dealkylation sites (tertiary alicyclic amines) is 1. The van der Waals surface area contributed by atoms with E-state index in [-0.39, 0.29) is 11.8 Å². The van der Waals surface area contributed by atoms with Crippen molar-refractivity contribution < 1.29 is 14.7 Å². The first-order valence-electron chi connectivity index (χ1n) is 9.10. The van der Waals surface area contributed by atoms with Crippen LogP contribution in [0.5, 0.6) is 0 Å². The fourth-order valence-electron chi connectivity index (χ4n) is 4.26. The van der Waals surface area contributed by atoms with Crippen LogP contribution in [0.4, 0.5) is 0 Å². The minimum Gasteiger partial charge on any atom is -0.479 e. The van der Waals surface area contributed by atoms with Crippen LogP contribution in [0.2, 0.25) is 0 Å². The molecule has 1 amide bonds. The number of benzene rings is 1. The standard InChI is InChI=1S/C20H23N3O3/c1-14-21-9-12-23(14)20(19(25)26)7-10-22(11-8-20)18(24)17-13-16(17)15-5-3-2-4-6-15/h2-6,9,12,16-17H,7-8,10-11,13H2,1H3,(H,25,26)/t16-,17+/m0/s1. The van der Waals surface area contributed by atoms with Gasteiger partial charge in [0.1, 0.15) is 11.4 Å². The highest BCUT2D eigenvalue weighted by molar-refractivity contribution is 5.84. The summed E-state index contributed by atoms with van der Waals surface area (Å²) in [6.45, 7) is 2.76. The molecule has 6 nitrogen and oxygen atoms in total. The molecule has 0 radical (unpaired) electrons. The number of nitrogens with zero attached hydrogens (tertiary/aromatic N) is 3. The van der Waals surface area contributed by atoms with Gasteiger partial charge in [0.15, 0.2) is 0 Å². The molecule has 1 aliphatic carbocycles. The van der Waals surface area contributed by atoms with Crippen LogP contribution in [0, 0.1) is 12.8 Å². The highest BCUT2D eigenvalue weighted by Crippen LogP contribution is 2.49. The molecule has 4 rings (SSSR count). The predicted octanol–water partition coefficient (Wildman–Crippen LogP) is 2.40. The van der Waals surface area contributed by atoms with E-state index in [4.69, 9.17) is 0 Å². The molecule has 0 bridgehead atoms. The maximum atomic E-state index is 12.8. The average molecular weight is 353 g/mol. The molecule has 1 aromatic heterocycles. The molecular weight excluding hydrogens is 330 g/mol. The topological polar surface area (TPSA) is 75.4 Å². The lowest BCUT2D eigenvalue weighted by Gasteiger charge is -2.40. The van der Waals surface area contributed by atoms with Crippen molar-refractivity contribution in [2.24, 2.45) is 5.92 Å². The number of hydrogen-bond acceptors (Lipinski definition) is 3. The van der Waals surface area contributed by atoms with Gasteiger partial charge in [0.25, 0.3) is 0 Å². The van der Waals surface area contributed by atoms with Crippen LogP contribution >= 0.6 is 0 Å². The molecule has 6 heteroatoms. The van der Waals surface area contributed by atoms with Crippen LogP contribution in [-0.2, 0) is 15.1 Å². The molecule has 0 unspecified atom stereocenters. The van der Waals surface area contributed by atoms with Crippen molar-refractivity contribution in [3.63, 3.8) is 0 Å². The van der Waals surface area contributed by atoms with Crippen molar-refractivity contribution in [2.75, 3.05) is 13.1 Å². The third-order valence-electron chi connectivity index (χ3n) is 5.92. The number of carboxylic acid groups (broad SMARTS) is 1. The van der Waals surface area contributed by atoms with Gasteiger partial charge in [0.05, 0.1) is 0 Å². The van der Waals surface area contributed by atoms with Crippen LogP contribution in [0.1, 0.15) is 36.6 Å². The van der Waals surface area contributed by atoms with Crippen LogP contribution in [0.3, 0.4) is 0 Å². The lowest BCUT2D eigenvalue weighted by molar-refractivity contribution is -0.153. The number of aromatic nitrogens is 2. The molecule has 1 aliphatic heterocycles. The Morgan fingerprint density at radius 1 is 1.19 bits per heavy atom. The summed E-state index contributed by atoms with van der Waals surface area (Å²) in [5.74, 6) is 0.369. The summed E-state index contributed by atoms with van der Waals surface area (Å²) in [4.78, 5) is 30.9. The minimum absolute atomic E-state index is 0.0460. The first-order chi connectivity index (χ1) is 12.5. The Bertz CT molecular complexity index is 822. The van der Waals surface area contributed by atoms with E-state index in [0.717, 1.165) is 6.42 Å². The summed E-state index contributed by atoms with van der Waals surface area (Å²) >= 11 is 0. The van der Waals surface area contributed by atoms with Gasteiger partial charge in [-0.3, -0.25) is 4.79 Å². The van der Waals surface area contributed by atoms with Crippen molar-refractivity contribution in [3.05, 3.63) is 54.1 Å². The van der Waals surface area contributed by atoms with Crippen LogP contribution < -0.4 is 0 Å². The number of carbonyl (C=O) groups is 2. The first kappa shape index (κ1) is 16.8. The number of carbonyl (C=O) groups excluding carboxylic acids is 1. The third kappa shape index (κ3) is 2.69. The summed E-state index contributed by atoms with van der Waals surface area (Å²) in [6.07, 6.45) is 5.07. The van der Waals surface area contributed by atoms with Gasteiger partial charge in [-0.15, -0.1) is 0 Å². The van der Waals surface area contributed by atoms with Gasteiger partial charge in [-0.1, -0.05) is 30.3 Å². The Morgan fingerprint density at radius 3 is 2.46 bits per heavy atom. The number of piperidine rings is 1. The maximum Gasteiger partial charge on any atom is 0.330 e. The van der Waals surface area contributed by atoms with Gasteiger partial charge in [-0.05, 0) is 37.7 Å². The fourth-order valence-corrected chi connectivity index (χ4v) is 4.26. The number of amides is 1. The lowest BCUT2D eigenvalue weighted by atomic mass is 9.86. The molecule has 2 aliphatic rings. The monoisotopic (exact) mass is 353 g/mol. The normalized spacial score (nSPS) is 24.3. The zero-order valence-electron chi connectivity index (χ0n) is 14.8. The highest BCUT2D eigenvalue weighted by Gasteiger charge is 2.49. The Morgan fingerprint density at radius 2 is 1.88 bits per heavy atom. The highest BCUT2D eigenvalue weighted by atomic mass is 16.4. The second-order valence-electron chi connectivity index (χ2n) is 7.37. The summed E-state index contributed by atoms with van der Waals surface area (Å²) in [5, 5.41) is 9.87. The molecule has 2 heterocycles. The zero-order chi connectivity index (χ0) is 18.3. The van der Waals surface area contributed by atoms with Gasteiger partial charge in [0, 0.05) is 31.4 Å². The van der Waals surface area contributed by atoms with E-state index in [1.807, 2.05) is 30.0 Å². The van der Waals surface area contributed by atoms with Gasteiger partial charge < -0.3 is 14.6 Å². The fraction of sp³-hybridized carbons (Fsp3) is 0.450. The second kappa shape index (κ2) is 6.27. The number of imidazole rings is 1. The van der Waals surface area contributed by atoms with Crippen molar-refractivity contribution >= 4 is 11.9 Å². The van der Waals surface area contributed by atoms with Crippen molar-refractivity contribution in [1.82, 2.24) is 14.5 Å². The molecule has 1 N–H and O–H groups in total. The van der Waals surface area contributed by atoms with E-state index in [1.54, 1.807) is 17.0 Å². The number of aliphatic carboxylic acids is 1. The van der Waals surface area contributed by atoms with E-state index in [0.29, 0.717) is 37.7 Å². The minimum atomic E-state index is -1.00. The Kier molecular flexibility index (Phi) is 4.05. The van der Waals surface area contributed by atoms with E-state index in [2.05, 4.69) is 17.1 Å². The van der Waals surface area contributed by atoms with Crippen molar-refractivity contribution in [2.45, 2.75) is 37.6 Å². The largest absolute Gasteiger partial charge is 0.479 e. The van der Waals surface area contributed by atoms with E-state index >= 15 is 0 Å². The van der Waals surface area contributed by atoms with E-state index in [1.165, 1.54) is 5.56 Å². The van der Waals surface area contributed by atoms with Gasteiger partial charge >= 0.3 is 5.97 Å². The molecule has 2 atom stereocenters. The lowest BCUT2D eigenvalue weighted by Crippen LogP contribution is -2.52. The quantitative estimate of drug-likeness (QED) is 0.916. The molecular formula is C20H23N3O3. The van der Waals surface area contributed by atoms with Crippen molar-refractivity contribution in [1.29, 1.82) is 0 Å². The Hall–Kier alpha value is -2.63. The molecule has 0 spiro atoms. The Labute approximate surface area is 152 Å². The molecule has 1 aromatic carbocycles. The molecule has 2 fully saturated rings. The molecule has 26 heavy (non-hydrogen) atoms. The number of carboxylic acids is 1. The molecule has 2 aromatic rings. The van der Waals surface area contributed by atoms with E-state index in [9.17, 15) is 14.7 Å². The van der Waals surface area contributed by atoms with Gasteiger partial charge in [0.2, 0.25) is 5.91 Å². The third-order valence-corrected chi connectivity index (χ3v) is 5.92. The number of hydrogen-bond donors (Lipinski definition) is 1. The first-order valence-corrected chi connectivity index (χ1v) is 9.10. The summed E-state index contributed by atoms with van der Waals surface area (Å²) in [5.41, 5.74) is 0.219. The number of rotatable bonds is 4. The molecule has 1 saturated carbocycles. The van der Waals surface area contributed by atoms with Gasteiger partial charge in [-0.2, -0.15) is 0 Å². The predicted molar refractivity (Wildman–Crippen MR) is 95.7 cm³/mol. The van der Waals surface area contributed by atoms with Crippen LogP contribution in [-0.4, -0.2) is 44.5 Å². The molecule has 1 saturated heterocycles. The summed E-state index contributed by atoms with van der Waals surface area (Å²) < 4.78 is 1.75. The van der Waals surface area contributed by atoms with Crippen molar-refractivity contribution in [3.8, 4) is 0 Å². The van der Waals surface area contributed by atoms with Crippen LogP contribution in [0.25, 0.3) is 0 Å². The zero-order valence-corrected chi connectivity index (χ0v) is 14.8. The molecule has 136 valence electrons. The SMILES string of the molecule is Cc1nccn1C1(C(=O)O)CCN(C(=O)[C@@H]2C[C@H]2c2ccccc2)CC1. The summed E-state index contributed by atoms with van der Waals surface area (Å²) in [7, 11) is 0. The smallest absolute Gasteiger partial charge is 0.330 e. The van der Waals surface area contributed by atoms with Gasteiger partial charge in [-0.25, -0.2) is 9.78 Å². The average Bonchev–Trinajstić information content (AvgIpc) is 3.35. The summed E-state index contributed by atoms with van der Waals surface area (Å²) in [6, 6.07) is 10.1. The van der Waals surface area contributed by atoms with E-state index < -0.39 is 11.5 Å².